The average Bonchev–Trinajstić information content (AvgIpc) is 3.52. The van der Waals surface area contributed by atoms with E-state index in [-0.39, 0.29) is 6.79 Å². The fraction of sp³-hybridized carbons (Fsp3) is 0.250. The van der Waals surface area contributed by atoms with Crippen LogP contribution >= 0.6 is 23.5 Å². The maximum atomic E-state index is 5.81. The molecule has 0 spiro atoms. The number of ether oxygens (including phenoxy) is 3. The van der Waals surface area contributed by atoms with Gasteiger partial charge in [0.2, 0.25) is 12.7 Å². The van der Waals surface area contributed by atoms with Crippen LogP contribution < -0.4 is 14.2 Å². The molecule has 2 aromatic carbocycles. The SMILES string of the molecule is COc1ccc(C2=NC[C@@H](CSc3nnc(-c4ccc5c(c4)OCO5)o3)S2)cc1. The first-order chi connectivity index (χ1) is 14.3. The van der Waals surface area contributed by atoms with Gasteiger partial charge in [0.1, 0.15) is 5.75 Å². The van der Waals surface area contributed by atoms with Crippen LogP contribution in [0.4, 0.5) is 0 Å². The standard InChI is InChI=1S/C20H17N3O4S2/c1-24-14-5-2-12(3-6-14)19-21-9-15(29-19)10-28-20-23-22-18(27-20)13-4-7-16-17(8-13)26-11-25-16/h2-8,15H,9-11H2,1H3/t15-/m0/s1. The van der Waals surface area contributed by atoms with Gasteiger partial charge >= 0.3 is 0 Å². The first kappa shape index (κ1) is 18.4. The molecule has 0 fully saturated rings. The minimum Gasteiger partial charge on any atom is -0.497 e. The Labute approximate surface area is 175 Å². The number of aliphatic imine (C=N–C) groups is 1. The molecule has 1 aromatic heterocycles. The maximum Gasteiger partial charge on any atom is 0.276 e. The first-order valence-corrected chi connectivity index (χ1v) is 10.9. The summed E-state index contributed by atoms with van der Waals surface area (Å²) in [5, 5.41) is 10.3. The summed E-state index contributed by atoms with van der Waals surface area (Å²) in [5.41, 5.74) is 1.93. The van der Waals surface area contributed by atoms with E-state index in [0.29, 0.717) is 22.1 Å². The second kappa shape index (κ2) is 8.00. The van der Waals surface area contributed by atoms with E-state index in [1.165, 1.54) is 0 Å². The zero-order chi connectivity index (χ0) is 19.6. The maximum absolute atomic E-state index is 5.81. The quantitative estimate of drug-likeness (QED) is 0.544. The topological polar surface area (TPSA) is 79.0 Å². The van der Waals surface area contributed by atoms with E-state index >= 15 is 0 Å². The molecule has 1 atom stereocenters. The molecule has 0 aliphatic carbocycles. The molecule has 9 heteroatoms. The predicted octanol–water partition coefficient (Wildman–Crippen LogP) is 4.13. The van der Waals surface area contributed by atoms with Gasteiger partial charge in [-0.15, -0.1) is 22.0 Å². The molecule has 0 amide bonds. The summed E-state index contributed by atoms with van der Waals surface area (Å²) in [6.07, 6.45) is 0. The molecule has 3 aromatic rings. The molecule has 0 unspecified atom stereocenters. The fourth-order valence-electron chi connectivity index (χ4n) is 2.98. The van der Waals surface area contributed by atoms with Gasteiger partial charge in [0.25, 0.3) is 5.22 Å². The van der Waals surface area contributed by atoms with Crippen LogP contribution in [0.5, 0.6) is 17.2 Å². The number of hydrogen-bond acceptors (Lipinski definition) is 9. The second-order valence-corrected chi connectivity index (χ2v) is 8.63. The van der Waals surface area contributed by atoms with Crippen molar-refractivity contribution in [3.05, 3.63) is 48.0 Å². The van der Waals surface area contributed by atoms with Gasteiger partial charge < -0.3 is 18.6 Å². The average molecular weight is 428 g/mol. The minimum atomic E-state index is 0.239. The molecule has 0 saturated heterocycles. The number of benzene rings is 2. The van der Waals surface area contributed by atoms with Crippen molar-refractivity contribution in [3.63, 3.8) is 0 Å². The molecule has 148 valence electrons. The molecule has 3 heterocycles. The number of rotatable bonds is 6. The molecule has 2 aliphatic rings. The molecule has 5 rings (SSSR count). The Bertz CT molecular complexity index is 1050. The van der Waals surface area contributed by atoms with E-state index in [1.54, 1.807) is 30.6 Å². The molecule has 0 radical (unpaired) electrons. The van der Waals surface area contributed by atoms with E-state index in [1.807, 2.05) is 42.5 Å². The Morgan fingerprint density at radius 1 is 1.07 bits per heavy atom. The van der Waals surface area contributed by atoms with E-state index in [9.17, 15) is 0 Å². The van der Waals surface area contributed by atoms with E-state index in [4.69, 9.17) is 18.6 Å². The Morgan fingerprint density at radius 2 is 1.90 bits per heavy atom. The second-order valence-electron chi connectivity index (χ2n) is 6.37. The van der Waals surface area contributed by atoms with Gasteiger partial charge in [-0.3, -0.25) is 4.99 Å². The van der Waals surface area contributed by atoms with Gasteiger partial charge in [-0.25, -0.2) is 0 Å². The van der Waals surface area contributed by atoms with Crippen molar-refractivity contribution in [1.82, 2.24) is 10.2 Å². The van der Waals surface area contributed by atoms with Crippen molar-refractivity contribution in [2.75, 3.05) is 26.2 Å². The summed E-state index contributed by atoms with van der Waals surface area (Å²) in [7, 11) is 1.67. The van der Waals surface area contributed by atoms with Crippen molar-refractivity contribution >= 4 is 28.6 Å². The normalized spacial score (nSPS) is 17.4. The summed E-state index contributed by atoms with van der Waals surface area (Å²) in [5.74, 6) is 3.59. The third kappa shape index (κ3) is 3.92. The van der Waals surface area contributed by atoms with Crippen LogP contribution in [0.15, 0.2) is 57.1 Å². The fourth-order valence-corrected chi connectivity index (χ4v) is 5.01. The van der Waals surface area contributed by atoms with Crippen LogP contribution in [0.3, 0.4) is 0 Å². The van der Waals surface area contributed by atoms with Crippen LogP contribution in [0, 0.1) is 0 Å². The molecule has 0 N–H and O–H groups in total. The van der Waals surface area contributed by atoms with Gasteiger partial charge in [-0.2, -0.15) is 0 Å². The highest BCUT2D eigenvalue weighted by atomic mass is 32.2. The third-order valence-corrected chi connectivity index (χ3v) is 6.90. The first-order valence-electron chi connectivity index (χ1n) is 9.00. The lowest BCUT2D eigenvalue weighted by atomic mass is 10.2. The molecule has 0 bridgehead atoms. The van der Waals surface area contributed by atoms with E-state index in [0.717, 1.165) is 40.0 Å². The van der Waals surface area contributed by atoms with Gasteiger partial charge in [-0.1, -0.05) is 11.8 Å². The van der Waals surface area contributed by atoms with E-state index in [2.05, 4.69) is 15.2 Å². The lowest BCUT2D eigenvalue weighted by Gasteiger charge is -2.06. The van der Waals surface area contributed by atoms with Crippen molar-refractivity contribution in [3.8, 4) is 28.7 Å². The van der Waals surface area contributed by atoms with Crippen LogP contribution in [-0.2, 0) is 0 Å². The number of fused-ring (bicyclic) bond motifs is 1. The van der Waals surface area contributed by atoms with E-state index < -0.39 is 0 Å². The van der Waals surface area contributed by atoms with Crippen molar-refractivity contribution in [1.29, 1.82) is 0 Å². The molecule has 29 heavy (non-hydrogen) atoms. The lowest BCUT2D eigenvalue weighted by molar-refractivity contribution is 0.174. The summed E-state index contributed by atoms with van der Waals surface area (Å²) in [6, 6.07) is 13.6. The monoisotopic (exact) mass is 427 g/mol. The number of thioether (sulfide) groups is 2. The highest BCUT2D eigenvalue weighted by Crippen LogP contribution is 2.36. The summed E-state index contributed by atoms with van der Waals surface area (Å²) < 4.78 is 21.8. The van der Waals surface area contributed by atoms with Gasteiger partial charge in [0.15, 0.2) is 11.5 Å². The van der Waals surface area contributed by atoms with Crippen molar-refractivity contribution in [2.45, 2.75) is 10.5 Å². The molecule has 0 saturated carbocycles. The van der Waals surface area contributed by atoms with Gasteiger partial charge in [-0.05, 0) is 42.5 Å². The number of hydrogen-bond donors (Lipinski definition) is 0. The predicted molar refractivity (Wildman–Crippen MR) is 112 cm³/mol. The molecular formula is C20H17N3O4S2. The smallest absolute Gasteiger partial charge is 0.276 e. The third-order valence-electron chi connectivity index (χ3n) is 4.47. The molecule has 7 nitrogen and oxygen atoms in total. The minimum absolute atomic E-state index is 0.239. The van der Waals surface area contributed by atoms with Gasteiger partial charge in [0, 0.05) is 22.1 Å². The zero-order valence-corrected chi connectivity index (χ0v) is 17.2. The summed E-state index contributed by atoms with van der Waals surface area (Å²) in [6.45, 7) is 1.02. The number of methoxy groups -OCH3 is 1. The van der Waals surface area contributed by atoms with Crippen LogP contribution in [0.2, 0.25) is 0 Å². The van der Waals surface area contributed by atoms with Crippen LogP contribution in [0.1, 0.15) is 5.56 Å². The molecule has 2 aliphatic heterocycles. The van der Waals surface area contributed by atoms with Crippen LogP contribution in [-0.4, -0.2) is 46.7 Å². The highest BCUT2D eigenvalue weighted by molar-refractivity contribution is 8.16. The van der Waals surface area contributed by atoms with Crippen molar-refractivity contribution in [2.24, 2.45) is 4.99 Å². The Kier molecular flexibility index (Phi) is 5.07. The largest absolute Gasteiger partial charge is 0.497 e. The number of nitrogens with zero attached hydrogens (tertiary/aromatic N) is 3. The van der Waals surface area contributed by atoms with Crippen molar-refractivity contribution < 1.29 is 18.6 Å². The number of aromatic nitrogens is 2. The van der Waals surface area contributed by atoms with Gasteiger partial charge in [0.05, 0.1) is 18.7 Å². The Morgan fingerprint density at radius 3 is 2.76 bits per heavy atom. The summed E-state index contributed by atoms with van der Waals surface area (Å²) in [4.78, 5) is 4.67. The molecular weight excluding hydrogens is 410 g/mol. The zero-order valence-electron chi connectivity index (χ0n) is 15.5. The van der Waals surface area contributed by atoms with Crippen LogP contribution in [0.25, 0.3) is 11.5 Å². The Hall–Kier alpha value is -2.65. The lowest BCUT2D eigenvalue weighted by Crippen LogP contribution is -2.06. The highest BCUT2D eigenvalue weighted by Gasteiger charge is 2.22. The summed E-state index contributed by atoms with van der Waals surface area (Å²) >= 11 is 3.33. The Balaban J connectivity index is 1.18.